The van der Waals surface area contributed by atoms with Crippen molar-refractivity contribution in [2.75, 3.05) is 0 Å². The molecule has 27 heavy (non-hydrogen) atoms. The topological polar surface area (TPSA) is 0 Å². The van der Waals surface area contributed by atoms with Gasteiger partial charge in [0.1, 0.15) is 0 Å². The van der Waals surface area contributed by atoms with Crippen molar-refractivity contribution in [1.29, 1.82) is 0 Å². The van der Waals surface area contributed by atoms with Crippen molar-refractivity contribution >= 4 is 0 Å². The molecule has 0 N–H and O–H groups in total. The van der Waals surface area contributed by atoms with Crippen molar-refractivity contribution in [2.45, 2.75) is 136 Å². The van der Waals surface area contributed by atoms with E-state index in [1.807, 2.05) is 34.6 Å². The summed E-state index contributed by atoms with van der Waals surface area (Å²) in [5.74, 6) is 0. The Morgan fingerprint density at radius 2 is 0.407 bits per heavy atom. The van der Waals surface area contributed by atoms with Crippen LogP contribution in [0.1, 0.15) is 136 Å². The van der Waals surface area contributed by atoms with Gasteiger partial charge in [-0.2, -0.15) is 0 Å². The summed E-state index contributed by atoms with van der Waals surface area (Å²) in [4.78, 5) is 0. The minimum Gasteiger partial charge on any atom is -0.103 e. The molecule has 0 amide bonds. The average Bonchev–Trinajstić information content (AvgIpc) is 2.48. The standard InChI is InChI=1S/5C3H8.C3H6.2C2H6.5Ar/c6*1-3-2;2*1-2;;;;;/h5*3H2,1-2H3;3H,1H2,2H3;2*1-2H3;;;;;. The number of rotatable bonds is 0. The summed E-state index contributed by atoms with van der Waals surface area (Å²) in [6.45, 7) is 34.5. The first-order valence-corrected chi connectivity index (χ1v) is 10.1. The SMILES string of the molecule is C=CC.CC.CC.CCC.CCC.CCC.CCC.CCC.[Ar].[Ar].[Ar].[Ar].[Ar]. The van der Waals surface area contributed by atoms with Gasteiger partial charge in [-0.05, 0) is 6.92 Å². The molecule has 0 atom stereocenters. The van der Waals surface area contributed by atoms with E-state index in [-0.39, 0.29) is 189 Å². The van der Waals surface area contributed by atoms with Crippen LogP contribution in [0.25, 0.3) is 0 Å². The van der Waals surface area contributed by atoms with E-state index in [0.29, 0.717) is 0 Å². The normalized spacial score (nSPS) is 4.26. The first-order chi connectivity index (χ1) is 10.5. The molecule has 0 saturated heterocycles. The van der Waals surface area contributed by atoms with Crippen molar-refractivity contribution < 1.29 is 189 Å². The van der Waals surface area contributed by atoms with Gasteiger partial charge in [-0.3, -0.25) is 0 Å². The van der Waals surface area contributed by atoms with Gasteiger partial charge in [0.05, 0.1) is 0 Å². The summed E-state index contributed by atoms with van der Waals surface area (Å²) >= 11 is 0. The van der Waals surface area contributed by atoms with Gasteiger partial charge in [0.15, 0.2) is 0 Å². The maximum atomic E-state index is 3.36. The van der Waals surface area contributed by atoms with Crippen LogP contribution < -0.4 is 0 Å². The predicted octanol–water partition coefficient (Wildman–Crippen LogP) is 10.3. The summed E-state index contributed by atoms with van der Waals surface area (Å²) in [6, 6.07) is 0. The smallest absolute Gasteiger partial charge is 0 e. The maximum Gasteiger partial charge on any atom is 0 e. The van der Waals surface area contributed by atoms with E-state index in [9.17, 15) is 0 Å². The van der Waals surface area contributed by atoms with E-state index in [4.69, 9.17) is 0 Å². The average molecular weight is 522 g/mol. The fourth-order valence-electron chi connectivity index (χ4n) is 0. The first kappa shape index (κ1) is 84.5. The Morgan fingerprint density at radius 3 is 0.407 bits per heavy atom. The third-order valence-corrected chi connectivity index (χ3v) is 0. The number of allylic oxidation sites excluding steroid dienone is 1. The van der Waals surface area contributed by atoms with Crippen molar-refractivity contribution in [1.82, 2.24) is 0 Å². The third kappa shape index (κ3) is 793. The monoisotopic (exact) mass is 522 g/mol. The minimum atomic E-state index is 0. The zero-order valence-corrected chi connectivity index (χ0v) is 25.1. The molecule has 0 saturated carbocycles. The second kappa shape index (κ2) is 213. The summed E-state index contributed by atoms with van der Waals surface area (Å²) in [5.41, 5.74) is 0. The molecule has 0 aliphatic heterocycles. The van der Waals surface area contributed by atoms with Gasteiger partial charge in [0.25, 0.3) is 0 Å². The predicted molar refractivity (Wildman–Crippen MR) is 118 cm³/mol. The van der Waals surface area contributed by atoms with Gasteiger partial charge in [-0.1, -0.05) is 135 Å². The number of hydrogen-bond donors (Lipinski definition) is 0. The molecule has 0 fully saturated rings. The number of hydrogen-bond acceptors (Lipinski definition) is 0. The Morgan fingerprint density at radius 1 is 0.407 bits per heavy atom. The van der Waals surface area contributed by atoms with Gasteiger partial charge in [0, 0.05) is 189 Å². The molecule has 5 heteroatoms. The largest absolute Gasteiger partial charge is 0.103 e. The Bertz CT molecular complexity index is 53.1. The zero-order valence-electron chi connectivity index (χ0n) is 21.6. The van der Waals surface area contributed by atoms with Crippen molar-refractivity contribution in [3.8, 4) is 0 Å². The van der Waals surface area contributed by atoms with Crippen LogP contribution in [0.2, 0.25) is 0 Å². The molecule has 0 rings (SSSR count). The zero-order chi connectivity index (χ0) is 20.2. The van der Waals surface area contributed by atoms with E-state index >= 15 is 0 Å². The van der Waals surface area contributed by atoms with Crippen LogP contribution in [0, 0.1) is 189 Å². The molecule has 0 heterocycles. The quantitative estimate of drug-likeness (QED) is 0.278. The van der Waals surface area contributed by atoms with Gasteiger partial charge in [-0.15, -0.1) is 6.58 Å². The van der Waals surface area contributed by atoms with Crippen LogP contribution in [0.15, 0.2) is 12.7 Å². The van der Waals surface area contributed by atoms with Gasteiger partial charge in [0.2, 0.25) is 0 Å². The van der Waals surface area contributed by atoms with E-state index < -0.39 is 0 Å². The molecule has 0 spiro atoms. The van der Waals surface area contributed by atoms with E-state index in [1.165, 1.54) is 32.1 Å². The van der Waals surface area contributed by atoms with Crippen LogP contribution >= 0.6 is 0 Å². The second-order valence-corrected chi connectivity index (χ2v) is 3.94. The van der Waals surface area contributed by atoms with Gasteiger partial charge >= 0.3 is 0 Å². The van der Waals surface area contributed by atoms with E-state index in [2.05, 4.69) is 75.8 Å². The van der Waals surface area contributed by atoms with E-state index in [0.717, 1.165) is 0 Å². The van der Waals surface area contributed by atoms with Crippen LogP contribution in [0.4, 0.5) is 0 Å². The summed E-state index contributed by atoms with van der Waals surface area (Å²) in [5, 5.41) is 0. The summed E-state index contributed by atoms with van der Waals surface area (Å²) in [7, 11) is 0. The summed E-state index contributed by atoms with van der Waals surface area (Å²) < 4.78 is 0. The maximum absolute atomic E-state index is 3.36. The Labute approximate surface area is 329 Å². The van der Waals surface area contributed by atoms with Crippen LogP contribution in [-0.4, -0.2) is 0 Å². The first-order valence-electron chi connectivity index (χ1n) is 10.1. The molecule has 0 aromatic carbocycles. The minimum absolute atomic E-state index is 0. The third-order valence-electron chi connectivity index (χ3n) is 0. The van der Waals surface area contributed by atoms with Crippen LogP contribution in [0.3, 0.4) is 0 Å². The fourth-order valence-corrected chi connectivity index (χ4v) is 0. The Kier molecular flexibility index (Phi) is 666. The van der Waals surface area contributed by atoms with Gasteiger partial charge < -0.3 is 0 Å². The molecule has 186 valence electrons. The molecule has 0 unspecified atom stereocenters. The molecule has 0 aromatic heterocycles. The Balaban J connectivity index is -0.00000000738. The molecule has 0 radical (unpaired) electrons. The summed E-state index contributed by atoms with van der Waals surface area (Å²) in [6.07, 6.45) is 8.00. The van der Waals surface area contributed by atoms with Crippen molar-refractivity contribution in [2.24, 2.45) is 0 Å². The van der Waals surface area contributed by atoms with E-state index in [1.54, 1.807) is 6.08 Å². The van der Waals surface area contributed by atoms with Crippen molar-refractivity contribution in [3.05, 3.63) is 12.7 Å². The molecular formula is C22H58Ar5. The molecule has 0 aliphatic carbocycles. The molecule has 0 bridgehead atoms. The van der Waals surface area contributed by atoms with Crippen LogP contribution in [-0.2, 0) is 0 Å². The Hall–Kier alpha value is 6.04. The molecule has 0 aromatic rings. The molecular weight excluding hydrogens is 464 g/mol. The van der Waals surface area contributed by atoms with Crippen molar-refractivity contribution in [3.63, 3.8) is 0 Å². The van der Waals surface area contributed by atoms with Crippen LogP contribution in [0.5, 0.6) is 0 Å². The van der Waals surface area contributed by atoms with Gasteiger partial charge in [-0.25, -0.2) is 0 Å². The molecule has 0 aliphatic rings. The molecule has 0 nitrogen and oxygen atoms in total. The second-order valence-electron chi connectivity index (χ2n) is 3.94. The fraction of sp³-hybridized carbons (Fsp3) is 0.909.